The van der Waals surface area contributed by atoms with E-state index in [1.165, 1.54) is 31.6 Å². The zero-order valence-corrected chi connectivity index (χ0v) is 26.6. The van der Waals surface area contributed by atoms with Crippen molar-refractivity contribution >= 4 is 86.0 Å². The number of aromatic nitrogens is 5. The van der Waals surface area contributed by atoms with Crippen LogP contribution in [-0.4, -0.2) is 24.5 Å². The van der Waals surface area contributed by atoms with E-state index in [-0.39, 0.29) is 0 Å². The first-order valence-electron chi connectivity index (χ1n) is 16.1. The Labute approximate surface area is 282 Å². The van der Waals surface area contributed by atoms with Gasteiger partial charge in [0.1, 0.15) is 11.2 Å². The van der Waals surface area contributed by atoms with Gasteiger partial charge in [0.15, 0.2) is 11.6 Å². The molecule has 0 saturated carbocycles. The van der Waals surface area contributed by atoms with Gasteiger partial charge in [0.2, 0.25) is 5.95 Å². The van der Waals surface area contributed by atoms with E-state index >= 15 is 0 Å². The van der Waals surface area contributed by atoms with Crippen molar-refractivity contribution in [3.8, 4) is 28.7 Å². The summed E-state index contributed by atoms with van der Waals surface area (Å²) in [7, 11) is 0. The maximum Gasteiger partial charge on any atom is 0.238 e. The predicted octanol–water partition coefficient (Wildman–Crippen LogP) is 11.1. The van der Waals surface area contributed by atoms with Crippen LogP contribution >= 0.6 is 11.3 Å². The molecule has 0 unspecified atom stereocenters. The lowest BCUT2D eigenvalue weighted by molar-refractivity contribution is 0.669. The highest BCUT2D eigenvalue weighted by molar-refractivity contribution is 7.27. The van der Waals surface area contributed by atoms with Crippen molar-refractivity contribution in [2.75, 3.05) is 0 Å². The second kappa shape index (κ2) is 10.0. The SMILES string of the molecule is c1ccc(-c2nc(-c3ccc4oc5ccccc5c4c3)nc(-n3c4ccccc4c4c5ccccc5c5c6ccncc6sc5c43)n2)cc1. The van der Waals surface area contributed by atoms with E-state index in [2.05, 4.69) is 76.3 Å². The number of rotatable bonds is 3. The Morgan fingerprint density at radius 3 is 2.08 bits per heavy atom. The first-order chi connectivity index (χ1) is 24.3. The van der Waals surface area contributed by atoms with Crippen LogP contribution in [-0.2, 0) is 0 Å². The smallest absolute Gasteiger partial charge is 0.238 e. The molecule has 0 aliphatic carbocycles. The second-order valence-electron chi connectivity index (χ2n) is 12.3. The maximum atomic E-state index is 6.16. The topological polar surface area (TPSA) is 69.6 Å². The van der Waals surface area contributed by atoms with Gasteiger partial charge in [-0.3, -0.25) is 9.55 Å². The third-order valence-corrected chi connectivity index (χ3v) is 10.7. The molecule has 49 heavy (non-hydrogen) atoms. The van der Waals surface area contributed by atoms with Crippen LogP contribution in [0, 0.1) is 0 Å². The van der Waals surface area contributed by atoms with Crippen molar-refractivity contribution in [1.82, 2.24) is 24.5 Å². The van der Waals surface area contributed by atoms with Crippen LogP contribution in [0.3, 0.4) is 0 Å². The van der Waals surface area contributed by atoms with Crippen LogP contribution in [0.5, 0.6) is 0 Å². The molecule has 228 valence electrons. The minimum atomic E-state index is 0.569. The molecule has 7 heteroatoms. The molecule has 6 aromatic carbocycles. The van der Waals surface area contributed by atoms with Crippen molar-refractivity contribution in [2.24, 2.45) is 0 Å². The average molecular weight is 646 g/mol. The zero-order chi connectivity index (χ0) is 32.1. The van der Waals surface area contributed by atoms with Crippen LogP contribution < -0.4 is 0 Å². The summed E-state index contributed by atoms with van der Waals surface area (Å²) < 4.78 is 10.7. The molecular formula is C42H23N5OS. The van der Waals surface area contributed by atoms with Gasteiger partial charge >= 0.3 is 0 Å². The molecule has 5 aromatic heterocycles. The largest absolute Gasteiger partial charge is 0.456 e. The molecule has 0 bridgehead atoms. The molecule has 5 heterocycles. The number of fused-ring (bicyclic) bond motifs is 13. The van der Waals surface area contributed by atoms with Gasteiger partial charge in [-0.15, -0.1) is 11.3 Å². The number of hydrogen-bond donors (Lipinski definition) is 0. The van der Waals surface area contributed by atoms with Gasteiger partial charge < -0.3 is 4.42 Å². The van der Waals surface area contributed by atoms with E-state index in [1.54, 1.807) is 11.3 Å². The van der Waals surface area contributed by atoms with Crippen molar-refractivity contribution < 1.29 is 4.42 Å². The van der Waals surface area contributed by atoms with Crippen molar-refractivity contribution in [3.05, 3.63) is 140 Å². The summed E-state index contributed by atoms with van der Waals surface area (Å²) in [4.78, 5) is 20.1. The van der Waals surface area contributed by atoms with Gasteiger partial charge in [0.25, 0.3) is 0 Å². The summed E-state index contributed by atoms with van der Waals surface area (Å²) in [6.45, 7) is 0. The van der Waals surface area contributed by atoms with Crippen molar-refractivity contribution in [2.45, 2.75) is 0 Å². The Hall–Kier alpha value is -6.44. The monoisotopic (exact) mass is 645 g/mol. The van der Waals surface area contributed by atoms with E-state index in [0.717, 1.165) is 54.2 Å². The highest BCUT2D eigenvalue weighted by Gasteiger charge is 2.24. The highest BCUT2D eigenvalue weighted by atomic mass is 32.1. The average Bonchev–Trinajstić information content (AvgIpc) is 3.85. The number of pyridine rings is 1. The molecule has 0 N–H and O–H groups in total. The summed E-state index contributed by atoms with van der Waals surface area (Å²) in [5, 5.41) is 9.29. The van der Waals surface area contributed by atoms with Gasteiger partial charge in [-0.2, -0.15) is 9.97 Å². The predicted molar refractivity (Wildman–Crippen MR) is 201 cm³/mol. The number of benzene rings is 6. The normalized spacial score (nSPS) is 12.1. The van der Waals surface area contributed by atoms with Crippen LogP contribution in [0.15, 0.2) is 144 Å². The molecule has 0 aliphatic rings. The molecule has 0 radical (unpaired) electrons. The summed E-state index contributed by atoms with van der Waals surface area (Å²) in [5.74, 6) is 1.78. The lowest BCUT2D eigenvalue weighted by Crippen LogP contribution is -2.06. The lowest BCUT2D eigenvalue weighted by Gasteiger charge is -2.12. The third kappa shape index (κ3) is 3.82. The van der Waals surface area contributed by atoms with Crippen LogP contribution in [0.2, 0.25) is 0 Å². The zero-order valence-electron chi connectivity index (χ0n) is 25.8. The lowest BCUT2D eigenvalue weighted by atomic mass is 9.99. The maximum absolute atomic E-state index is 6.16. The van der Waals surface area contributed by atoms with Gasteiger partial charge in [0.05, 0.1) is 20.4 Å². The fourth-order valence-corrected chi connectivity index (χ4v) is 8.64. The Balaban J connectivity index is 1.29. The van der Waals surface area contributed by atoms with Gasteiger partial charge in [-0.05, 0) is 47.2 Å². The standard InChI is InChI=1S/C42H23N5OS/c1-2-10-24(11-3-1)40-44-41(25-18-19-34-31(22-25)26-12-7-9-17-33(26)48-34)46-42(45-40)47-32-16-8-6-15-29(32)36-27-13-4-5-14-28(27)37-30-20-21-43-23-35(30)49-39(37)38(36)47/h1-23H. The number of nitrogens with zero attached hydrogens (tertiary/aromatic N) is 5. The Morgan fingerprint density at radius 2 is 1.22 bits per heavy atom. The Bertz CT molecular complexity index is 3120. The van der Waals surface area contributed by atoms with E-state index in [0.29, 0.717) is 17.6 Å². The molecule has 11 aromatic rings. The number of hydrogen-bond acceptors (Lipinski definition) is 6. The first-order valence-corrected chi connectivity index (χ1v) is 17.0. The fourth-order valence-electron chi connectivity index (χ4n) is 7.42. The molecular weight excluding hydrogens is 623 g/mol. The molecule has 0 saturated heterocycles. The Morgan fingerprint density at radius 1 is 0.531 bits per heavy atom. The van der Waals surface area contributed by atoms with E-state index < -0.39 is 0 Å². The summed E-state index contributed by atoms with van der Waals surface area (Å²) in [5.41, 5.74) is 5.63. The van der Waals surface area contributed by atoms with E-state index in [4.69, 9.17) is 19.4 Å². The molecule has 6 nitrogen and oxygen atoms in total. The molecule has 0 aliphatic heterocycles. The number of furan rings is 1. The van der Waals surface area contributed by atoms with Crippen LogP contribution in [0.1, 0.15) is 0 Å². The second-order valence-corrected chi connectivity index (χ2v) is 13.3. The molecule has 0 spiro atoms. The van der Waals surface area contributed by atoms with Crippen molar-refractivity contribution in [1.29, 1.82) is 0 Å². The van der Waals surface area contributed by atoms with Crippen molar-refractivity contribution in [3.63, 3.8) is 0 Å². The first kappa shape index (κ1) is 26.6. The summed E-state index contributed by atoms with van der Waals surface area (Å²) >= 11 is 1.77. The third-order valence-electron chi connectivity index (χ3n) is 9.54. The van der Waals surface area contributed by atoms with E-state index in [1.807, 2.05) is 73.1 Å². The van der Waals surface area contributed by atoms with Gasteiger partial charge in [-0.25, -0.2) is 4.98 Å². The molecule has 0 fully saturated rings. The molecule has 0 atom stereocenters. The fraction of sp³-hybridized carbons (Fsp3) is 0. The number of thiophene rings is 1. The Kier molecular flexibility index (Phi) is 5.45. The molecule has 11 rings (SSSR count). The number of para-hydroxylation sites is 2. The minimum Gasteiger partial charge on any atom is -0.456 e. The quantitative estimate of drug-likeness (QED) is 0.191. The summed E-state index contributed by atoms with van der Waals surface area (Å²) in [6, 6.07) is 43.9. The molecule has 0 amide bonds. The van der Waals surface area contributed by atoms with Gasteiger partial charge in [0, 0.05) is 55.8 Å². The minimum absolute atomic E-state index is 0.569. The summed E-state index contributed by atoms with van der Waals surface area (Å²) in [6.07, 6.45) is 3.85. The highest BCUT2D eigenvalue weighted by Crippen LogP contribution is 2.47. The van der Waals surface area contributed by atoms with Gasteiger partial charge in [-0.1, -0.05) is 91.0 Å². The van der Waals surface area contributed by atoms with E-state index in [9.17, 15) is 0 Å². The van der Waals surface area contributed by atoms with Crippen LogP contribution in [0.4, 0.5) is 0 Å². The van der Waals surface area contributed by atoms with Crippen LogP contribution in [0.25, 0.3) is 103 Å².